The molecule has 1 aliphatic rings. The van der Waals surface area contributed by atoms with Gasteiger partial charge < -0.3 is 10.6 Å². The van der Waals surface area contributed by atoms with Crippen LogP contribution in [0, 0.1) is 19.3 Å². The number of hydrogen-bond acceptors (Lipinski definition) is 3. The van der Waals surface area contributed by atoms with Crippen LogP contribution in [0.15, 0.2) is 23.1 Å². The number of piperidine rings is 1. The summed E-state index contributed by atoms with van der Waals surface area (Å²) in [6.45, 7) is 12.4. The first-order valence-electron chi connectivity index (χ1n) is 7.56. The summed E-state index contributed by atoms with van der Waals surface area (Å²) in [4.78, 5) is 3.96. The molecule has 120 valence electrons. The molecule has 0 radical (unpaired) electrons. The van der Waals surface area contributed by atoms with Gasteiger partial charge in [-0.1, -0.05) is 19.9 Å². The highest BCUT2D eigenvalue weighted by atomic mass is 35.5. The van der Waals surface area contributed by atoms with Crippen molar-refractivity contribution >= 4 is 24.2 Å². The molecule has 0 aliphatic carbocycles. The van der Waals surface area contributed by atoms with E-state index in [0.717, 1.165) is 31.8 Å². The van der Waals surface area contributed by atoms with Crippen LogP contribution in [0.1, 0.15) is 31.4 Å². The summed E-state index contributed by atoms with van der Waals surface area (Å²) in [6.07, 6.45) is 1.13. The molecular weight excluding hydrogens is 300 g/mol. The van der Waals surface area contributed by atoms with Crippen LogP contribution in [0.2, 0.25) is 0 Å². The minimum absolute atomic E-state index is 0. The molecule has 0 amide bonds. The monoisotopic (exact) mass is 328 g/mol. The van der Waals surface area contributed by atoms with E-state index in [1.807, 2.05) is 11.8 Å². The van der Waals surface area contributed by atoms with Crippen LogP contribution in [-0.2, 0) is 0 Å². The van der Waals surface area contributed by atoms with Gasteiger partial charge in [-0.05, 0) is 55.5 Å². The Hall–Kier alpha value is -0.220. The number of thioether (sulfide) groups is 1. The Labute approximate surface area is 140 Å². The highest BCUT2D eigenvalue weighted by Crippen LogP contribution is 2.28. The number of benzene rings is 1. The number of halogens is 1. The van der Waals surface area contributed by atoms with Crippen molar-refractivity contribution in [1.82, 2.24) is 4.90 Å². The van der Waals surface area contributed by atoms with E-state index < -0.39 is 0 Å². The highest BCUT2D eigenvalue weighted by Gasteiger charge is 2.32. The summed E-state index contributed by atoms with van der Waals surface area (Å²) < 4.78 is 0. The maximum atomic E-state index is 6.19. The standard InChI is InChI=1S/C17H28N2S.ClH/c1-13-5-6-15(11-14(13)2)20-10-9-19-8-7-16(18)17(3,4)12-19;/h5-6,11,16H,7-10,12,18H2,1-4H3;1H. The average molecular weight is 329 g/mol. The lowest BCUT2D eigenvalue weighted by molar-refractivity contribution is 0.101. The third-order valence-electron chi connectivity index (χ3n) is 4.55. The van der Waals surface area contributed by atoms with Gasteiger partial charge in [0.2, 0.25) is 0 Å². The molecule has 1 unspecified atom stereocenters. The van der Waals surface area contributed by atoms with Crippen molar-refractivity contribution in [2.24, 2.45) is 11.1 Å². The Bertz CT molecular complexity index is 462. The molecule has 2 nitrogen and oxygen atoms in total. The summed E-state index contributed by atoms with van der Waals surface area (Å²) in [6, 6.07) is 7.12. The van der Waals surface area contributed by atoms with E-state index in [4.69, 9.17) is 5.73 Å². The van der Waals surface area contributed by atoms with Crippen LogP contribution in [-0.4, -0.2) is 36.3 Å². The lowest BCUT2D eigenvalue weighted by Gasteiger charge is -2.42. The largest absolute Gasteiger partial charge is 0.327 e. The number of likely N-dealkylation sites (tertiary alicyclic amines) is 1. The molecule has 1 atom stereocenters. The zero-order valence-corrected chi connectivity index (χ0v) is 15.3. The minimum atomic E-state index is 0. The molecule has 1 saturated heterocycles. The van der Waals surface area contributed by atoms with E-state index >= 15 is 0 Å². The van der Waals surface area contributed by atoms with Gasteiger partial charge in [0.15, 0.2) is 0 Å². The van der Waals surface area contributed by atoms with Crippen molar-refractivity contribution in [2.45, 2.75) is 45.1 Å². The molecule has 0 saturated carbocycles. The molecule has 1 aromatic rings. The molecule has 1 aliphatic heterocycles. The SMILES string of the molecule is Cc1ccc(SCCN2CCC(N)C(C)(C)C2)cc1C.Cl. The molecule has 1 fully saturated rings. The second-order valence-corrected chi connectivity index (χ2v) is 7.92. The normalized spacial score (nSPS) is 21.9. The second-order valence-electron chi connectivity index (χ2n) is 6.75. The Morgan fingerprint density at radius 3 is 2.62 bits per heavy atom. The van der Waals surface area contributed by atoms with Gasteiger partial charge in [-0.3, -0.25) is 0 Å². The lowest BCUT2D eigenvalue weighted by Crippen LogP contribution is -2.52. The molecule has 1 aromatic carbocycles. The van der Waals surface area contributed by atoms with Gasteiger partial charge in [-0.2, -0.15) is 0 Å². The number of aryl methyl sites for hydroxylation is 2. The summed E-state index contributed by atoms with van der Waals surface area (Å²) in [7, 11) is 0. The summed E-state index contributed by atoms with van der Waals surface area (Å²) in [5.41, 5.74) is 9.21. The van der Waals surface area contributed by atoms with Crippen molar-refractivity contribution in [3.8, 4) is 0 Å². The topological polar surface area (TPSA) is 29.3 Å². The number of nitrogens with two attached hydrogens (primary N) is 1. The average Bonchev–Trinajstić information content (AvgIpc) is 2.38. The fourth-order valence-corrected chi connectivity index (χ4v) is 3.78. The summed E-state index contributed by atoms with van der Waals surface area (Å²) in [5, 5.41) is 0. The van der Waals surface area contributed by atoms with Gasteiger partial charge in [-0.25, -0.2) is 0 Å². The van der Waals surface area contributed by atoms with Crippen molar-refractivity contribution < 1.29 is 0 Å². The molecule has 21 heavy (non-hydrogen) atoms. The third kappa shape index (κ3) is 5.17. The predicted octanol–water partition coefficient (Wildman–Crippen LogP) is 3.88. The first-order valence-corrected chi connectivity index (χ1v) is 8.55. The number of rotatable bonds is 4. The number of nitrogens with zero attached hydrogens (tertiary/aromatic N) is 1. The smallest absolute Gasteiger partial charge is 0.0115 e. The molecule has 2 N–H and O–H groups in total. The quantitative estimate of drug-likeness (QED) is 0.850. The third-order valence-corrected chi connectivity index (χ3v) is 5.52. The second kappa shape index (κ2) is 7.87. The Balaban J connectivity index is 0.00000220. The molecular formula is C17H29ClN2S. The van der Waals surface area contributed by atoms with Gasteiger partial charge in [0.05, 0.1) is 0 Å². The van der Waals surface area contributed by atoms with E-state index in [1.54, 1.807) is 0 Å². The lowest BCUT2D eigenvalue weighted by atomic mass is 9.80. The van der Waals surface area contributed by atoms with Crippen LogP contribution in [0.25, 0.3) is 0 Å². The Morgan fingerprint density at radius 1 is 1.29 bits per heavy atom. The van der Waals surface area contributed by atoms with Crippen molar-refractivity contribution in [3.63, 3.8) is 0 Å². The Morgan fingerprint density at radius 2 is 2.00 bits per heavy atom. The molecule has 2 rings (SSSR count). The maximum absolute atomic E-state index is 6.19. The fourth-order valence-electron chi connectivity index (χ4n) is 2.77. The van der Waals surface area contributed by atoms with E-state index in [-0.39, 0.29) is 17.8 Å². The number of hydrogen-bond donors (Lipinski definition) is 1. The van der Waals surface area contributed by atoms with Gasteiger partial charge in [-0.15, -0.1) is 24.2 Å². The fraction of sp³-hybridized carbons (Fsp3) is 0.647. The van der Waals surface area contributed by atoms with Gasteiger partial charge >= 0.3 is 0 Å². The van der Waals surface area contributed by atoms with Crippen LogP contribution in [0.4, 0.5) is 0 Å². The highest BCUT2D eigenvalue weighted by molar-refractivity contribution is 7.99. The molecule has 0 aromatic heterocycles. The van der Waals surface area contributed by atoms with Crippen LogP contribution in [0.5, 0.6) is 0 Å². The van der Waals surface area contributed by atoms with Crippen LogP contribution in [0.3, 0.4) is 0 Å². The first-order chi connectivity index (χ1) is 9.38. The predicted molar refractivity (Wildman–Crippen MR) is 96.7 cm³/mol. The van der Waals surface area contributed by atoms with Crippen molar-refractivity contribution in [3.05, 3.63) is 29.3 Å². The van der Waals surface area contributed by atoms with Crippen molar-refractivity contribution in [1.29, 1.82) is 0 Å². The molecule has 1 heterocycles. The van der Waals surface area contributed by atoms with E-state index in [9.17, 15) is 0 Å². The zero-order valence-electron chi connectivity index (χ0n) is 13.7. The van der Waals surface area contributed by atoms with Crippen molar-refractivity contribution in [2.75, 3.05) is 25.4 Å². The Kier molecular flexibility index (Phi) is 7.05. The summed E-state index contributed by atoms with van der Waals surface area (Å²) >= 11 is 1.96. The van der Waals surface area contributed by atoms with Crippen LogP contribution < -0.4 is 5.73 Å². The van der Waals surface area contributed by atoms with Gasteiger partial charge in [0.25, 0.3) is 0 Å². The van der Waals surface area contributed by atoms with E-state index in [0.29, 0.717) is 6.04 Å². The first kappa shape index (κ1) is 18.8. The molecule has 4 heteroatoms. The van der Waals surface area contributed by atoms with Gasteiger partial charge in [0.1, 0.15) is 0 Å². The molecule has 0 bridgehead atoms. The van der Waals surface area contributed by atoms with Crippen LogP contribution >= 0.6 is 24.2 Å². The van der Waals surface area contributed by atoms with Gasteiger partial charge in [0, 0.05) is 29.8 Å². The zero-order chi connectivity index (χ0) is 14.8. The molecule has 0 spiro atoms. The minimum Gasteiger partial charge on any atom is -0.327 e. The van der Waals surface area contributed by atoms with E-state index in [2.05, 4.69) is 50.8 Å². The maximum Gasteiger partial charge on any atom is 0.0115 e. The van der Waals surface area contributed by atoms with E-state index in [1.165, 1.54) is 16.0 Å². The summed E-state index contributed by atoms with van der Waals surface area (Å²) in [5.74, 6) is 1.16.